The Labute approximate surface area is 148 Å². The summed E-state index contributed by atoms with van der Waals surface area (Å²) in [7, 11) is 1.85. The third-order valence-corrected chi connectivity index (χ3v) is 5.53. The van der Waals surface area contributed by atoms with Crippen molar-refractivity contribution in [1.29, 1.82) is 0 Å². The summed E-state index contributed by atoms with van der Waals surface area (Å²) in [6.45, 7) is 6.94. The second-order valence-corrected chi connectivity index (χ2v) is 7.25. The first-order valence-corrected chi connectivity index (χ1v) is 9.03. The van der Waals surface area contributed by atoms with Gasteiger partial charge in [-0.3, -0.25) is 14.8 Å². The van der Waals surface area contributed by atoms with Crippen LogP contribution in [-0.4, -0.2) is 58.8 Å². The minimum absolute atomic E-state index is 0.346. The van der Waals surface area contributed by atoms with E-state index in [9.17, 15) is 0 Å². The van der Waals surface area contributed by atoms with Gasteiger partial charge < -0.3 is 9.26 Å². The van der Waals surface area contributed by atoms with Crippen LogP contribution in [0.15, 0.2) is 35.1 Å². The maximum absolute atomic E-state index is 5.81. The molecule has 2 aromatic heterocycles. The molecule has 2 aliphatic heterocycles. The van der Waals surface area contributed by atoms with Crippen LogP contribution in [0.1, 0.15) is 23.4 Å². The number of hydrogen-bond acceptors (Lipinski definition) is 6. The highest BCUT2D eigenvalue weighted by Crippen LogP contribution is 2.34. The number of ether oxygens (including phenoxy) is 1. The molecular formula is C19H26N4O2. The fourth-order valence-electron chi connectivity index (χ4n) is 4.39. The summed E-state index contributed by atoms with van der Waals surface area (Å²) in [4.78, 5) is 9.33. The van der Waals surface area contributed by atoms with Crippen molar-refractivity contribution >= 4 is 0 Å². The predicted octanol–water partition coefficient (Wildman–Crippen LogP) is 2.10. The molecule has 3 atom stereocenters. The molecule has 0 aromatic carbocycles. The molecule has 6 heteroatoms. The zero-order valence-corrected chi connectivity index (χ0v) is 15.0. The van der Waals surface area contributed by atoms with Crippen LogP contribution < -0.4 is 0 Å². The maximum atomic E-state index is 5.81. The molecule has 0 unspecified atom stereocenters. The van der Waals surface area contributed by atoms with E-state index in [1.807, 2.05) is 38.6 Å². The van der Waals surface area contributed by atoms with Gasteiger partial charge in [-0.15, -0.1) is 0 Å². The molecule has 6 nitrogen and oxygen atoms in total. The van der Waals surface area contributed by atoms with Gasteiger partial charge in [0.2, 0.25) is 0 Å². The van der Waals surface area contributed by atoms with Crippen molar-refractivity contribution in [3.8, 4) is 0 Å². The number of fused-ring (bicyclic) bond motifs is 1. The molecule has 2 aromatic rings. The van der Waals surface area contributed by atoms with E-state index in [4.69, 9.17) is 9.26 Å². The molecule has 0 bridgehead atoms. The van der Waals surface area contributed by atoms with Crippen molar-refractivity contribution in [3.05, 3.63) is 47.6 Å². The van der Waals surface area contributed by atoms with Gasteiger partial charge >= 0.3 is 0 Å². The SMILES string of the molecule is CO[C@@H]1CCN(Cc2cc(C)on2)[C@H]2CN(Cc3cccnc3)C[C@@H]12. The average molecular weight is 342 g/mol. The number of aryl methyl sites for hydroxylation is 1. The number of likely N-dealkylation sites (tertiary alicyclic amines) is 2. The van der Waals surface area contributed by atoms with Crippen molar-refractivity contribution in [2.45, 2.75) is 38.6 Å². The highest BCUT2D eigenvalue weighted by molar-refractivity contribution is 5.10. The Hall–Kier alpha value is -1.76. The minimum atomic E-state index is 0.346. The number of pyridine rings is 1. The molecule has 2 fully saturated rings. The lowest BCUT2D eigenvalue weighted by atomic mass is 9.89. The van der Waals surface area contributed by atoms with Gasteiger partial charge in [0.15, 0.2) is 0 Å². The number of rotatable bonds is 5. The molecule has 2 aliphatic rings. The fourth-order valence-corrected chi connectivity index (χ4v) is 4.39. The first kappa shape index (κ1) is 16.7. The van der Waals surface area contributed by atoms with Gasteiger partial charge in [-0.2, -0.15) is 0 Å². The molecule has 0 radical (unpaired) electrons. The largest absolute Gasteiger partial charge is 0.381 e. The summed E-state index contributed by atoms with van der Waals surface area (Å²) in [6, 6.07) is 6.71. The van der Waals surface area contributed by atoms with E-state index in [-0.39, 0.29) is 0 Å². The lowest BCUT2D eigenvalue weighted by molar-refractivity contribution is -0.0250. The Kier molecular flexibility index (Phi) is 4.83. The van der Waals surface area contributed by atoms with E-state index in [0.717, 1.165) is 50.6 Å². The number of aromatic nitrogens is 2. The van der Waals surface area contributed by atoms with Crippen LogP contribution >= 0.6 is 0 Å². The van der Waals surface area contributed by atoms with E-state index < -0.39 is 0 Å². The molecule has 0 amide bonds. The molecule has 25 heavy (non-hydrogen) atoms. The monoisotopic (exact) mass is 342 g/mol. The fraction of sp³-hybridized carbons (Fsp3) is 0.579. The summed E-state index contributed by atoms with van der Waals surface area (Å²) in [5.74, 6) is 1.42. The van der Waals surface area contributed by atoms with Gasteiger partial charge in [0, 0.05) is 70.3 Å². The molecular weight excluding hydrogens is 316 g/mol. The van der Waals surface area contributed by atoms with Gasteiger partial charge in [-0.1, -0.05) is 11.2 Å². The highest BCUT2D eigenvalue weighted by Gasteiger charge is 2.44. The molecule has 0 spiro atoms. The summed E-state index contributed by atoms with van der Waals surface area (Å²) in [5, 5.41) is 4.18. The van der Waals surface area contributed by atoms with Crippen LogP contribution in [0.25, 0.3) is 0 Å². The molecule has 4 heterocycles. The maximum Gasteiger partial charge on any atom is 0.133 e. The van der Waals surface area contributed by atoms with Gasteiger partial charge in [-0.05, 0) is 25.0 Å². The third kappa shape index (κ3) is 3.61. The van der Waals surface area contributed by atoms with Gasteiger partial charge in [0.05, 0.1) is 11.8 Å². The summed E-state index contributed by atoms with van der Waals surface area (Å²) < 4.78 is 11.0. The zero-order valence-electron chi connectivity index (χ0n) is 15.0. The van der Waals surface area contributed by atoms with Gasteiger partial charge in [0.25, 0.3) is 0 Å². The second kappa shape index (κ2) is 7.23. The van der Waals surface area contributed by atoms with Crippen molar-refractivity contribution in [2.75, 3.05) is 26.7 Å². The van der Waals surface area contributed by atoms with Crippen LogP contribution in [-0.2, 0) is 17.8 Å². The van der Waals surface area contributed by atoms with E-state index in [1.54, 1.807) is 0 Å². The summed E-state index contributed by atoms with van der Waals surface area (Å²) in [5.41, 5.74) is 2.30. The van der Waals surface area contributed by atoms with Crippen molar-refractivity contribution in [3.63, 3.8) is 0 Å². The third-order valence-electron chi connectivity index (χ3n) is 5.53. The van der Waals surface area contributed by atoms with E-state index in [2.05, 4.69) is 26.0 Å². The molecule has 0 saturated carbocycles. The minimum Gasteiger partial charge on any atom is -0.381 e. The Morgan fingerprint density at radius 2 is 2.24 bits per heavy atom. The molecule has 0 N–H and O–H groups in total. The van der Waals surface area contributed by atoms with Gasteiger partial charge in [-0.25, -0.2) is 0 Å². The standard InChI is InChI=1S/C19H26N4O2/c1-14-8-16(21-25-14)11-23-7-5-19(24-2)17-12-22(13-18(17)23)10-15-4-3-6-20-9-15/h3-4,6,8-9,17-19H,5,7,10-13H2,1-2H3/t17-,18+,19-/m1/s1. The van der Waals surface area contributed by atoms with Crippen LogP contribution in [0, 0.1) is 12.8 Å². The van der Waals surface area contributed by atoms with Crippen LogP contribution in [0.5, 0.6) is 0 Å². The van der Waals surface area contributed by atoms with Crippen LogP contribution in [0.4, 0.5) is 0 Å². The highest BCUT2D eigenvalue weighted by atomic mass is 16.5. The lowest BCUT2D eigenvalue weighted by Gasteiger charge is -2.40. The number of nitrogens with zero attached hydrogens (tertiary/aromatic N) is 4. The first-order chi connectivity index (χ1) is 12.2. The van der Waals surface area contributed by atoms with Crippen molar-refractivity contribution in [2.24, 2.45) is 5.92 Å². The smallest absolute Gasteiger partial charge is 0.133 e. The van der Waals surface area contributed by atoms with E-state index in [0.29, 0.717) is 18.1 Å². The normalized spacial score (nSPS) is 27.5. The topological polar surface area (TPSA) is 54.6 Å². The second-order valence-electron chi connectivity index (χ2n) is 7.25. The number of piperidine rings is 1. The van der Waals surface area contributed by atoms with Crippen LogP contribution in [0.2, 0.25) is 0 Å². The van der Waals surface area contributed by atoms with Crippen molar-refractivity contribution < 1.29 is 9.26 Å². The summed E-state index contributed by atoms with van der Waals surface area (Å²) in [6.07, 6.45) is 5.22. The number of hydrogen-bond donors (Lipinski definition) is 0. The van der Waals surface area contributed by atoms with Gasteiger partial charge in [0.1, 0.15) is 5.76 Å². The molecule has 134 valence electrons. The summed E-state index contributed by atoms with van der Waals surface area (Å²) >= 11 is 0. The Morgan fingerprint density at radius 3 is 2.96 bits per heavy atom. The number of methoxy groups -OCH3 is 1. The quantitative estimate of drug-likeness (QED) is 0.829. The molecule has 2 saturated heterocycles. The first-order valence-electron chi connectivity index (χ1n) is 9.03. The Balaban J connectivity index is 1.47. The Bertz CT molecular complexity index is 690. The van der Waals surface area contributed by atoms with E-state index >= 15 is 0 Å². The van der Waals surface area contributed by atoms with E-state index in [1.165, 1.54) is 5.56 Å². The predicted molar refractivity (Wildman–Crippen MR) is 93.9 cm³/mol. The lowest BCUT2D eigenvalue weighted by Crippen LogP contribution is -2.50. The Morgan fingerprint density at radius 1 is 1.32 bits per heavy atom. The average Bonchev–Trinajstić information content (AvgIpc) is 3.22. The van der Waals surface area contributed by atoms with Crippen LogP contribution in [0.3, 0.4) is 0 Å². The molecule has 4 rings (SSSR count). The molecule has 0 aliphatic carbocycles. The zero-order chi connectivity index (χ0) is 17.2. The van der Waals surface area contributed by atoms with Crippen molar-refractivity contribution in [1.82, 2.24) is 19.9 Å².